The SMILES string of the molecule is CS(=O)(=O)c1ccc(-c2ccc3cc(O)ccc3c2Oc2ccc(N3CCNCC3)cc2)cc1. The number of phenols is 1. The zero-order valence-corrected chi connectivity index (χ0v) is 19.7. The number of phenolic OH excluding ortho intramolecular Hbond substituents is 1. The molecule has 0 radical (unpaired) electrons. The monoisotopic (exact) mass is 474 g/mol. The minimum absolute atomic E-state index is 0.184. The van der Waals surface area contributed by atoms with Gasteiger partial charge in [-0.3, -0.25) is 0 Å². The van der Waals surface area contributed by atoms with Crippen LogP contribution < -0.4 is 15.0 Å². The van der Waals surface area contributed by atoms with E-state index in [-0.39, 0.29) is 10.6 Å². The van der Waals surface area contributed by atoms with Gasteiger partial charge in [-0.1, -0.05) is 18.2 Å². The van der Waals surface area contributed by atoms with E-state index in [0.29, 0.717) is 11.5 Å². The smallest absolute Gasteiger partial charge is 0.175 e. The number of piperazine rings is 1. The van der Waals surface area contributed by atoms with Crippen molar-refractivity contribution in [2.24, 2.45) is 0 Å². The Morgan fingerprint density at radius 3 is 2.26 bits per heavy atom. The van der Waals surface area contributed by atoms with Crippen LogP contribution in [0.1, 0.15) is 0 Å². The fourth-order valence-corrected chi connectivity index (χ4v) is 4.90. The molecule has 0 spiro atoms. The quantitative estimate of drug-likeness (QED) is 0.432. The lowest BCUT2D eigenvalue weighted by molar-refractivity contribution is 0.475. The number of hydrogen-bond donors (Lipinski definition) is 2. The molecular weight excluding hydrogens is 448 g/mol. The molecule has 0 amide bonds. The van der Waals surface area contributed by atoms with Crippen LogP contribution in [0.15, 0.2) is 83.8 Å². The molecule has 6 nitrogen and oxygen atoms in total. The first-order chi connectivity index (χ1) is 16.4. The summed E-state index contributed by atoms with van der Waals surface area (Å²) >= 11 is 0. The van der Waals surface area contributed by atoms with Gasteiger partial charge in [-0.05, 0) is 71.6 Å². The normalized spacial score (nSPS) is 14.3. The van der Waals surface area contributed by atoms with Gasteiger partial charge < -0.3 is 20.1 Å². The number of fused-ring (bicyclic) bond motifs is 1. The number of anilines is 1. The van der Waals surface area contributed by atoms with Crippen LogP contribution >= 0.6 is 0 Å². The molecule has 7 heteroatoms. The molecular formula is C27H26N2O4S. The van der Waals surface area contributed by atoms with Gasteiger partial charge in [0.15, 0.2) is 9.84 Å². The van der Waals surface area contributed by atoms with E-state index in [1.807, 2.05) is 30.3 Å². The molecule has 1 heterocycles. The van der Waals surface area contributed by atoms with Gasteiger partial charge in [-0.2, -0.15) is 0 Å². The van der Waals surface area contributed by atoms with Gasteiger partial charge >= 0.3 is 0 Å². The number of sulfone groups is 1. The molecule has 5 rings (SSSR count). The maximum absolute atomic E-state index is 11.9. The van der Waals surface area contributed by atoms with Crippen molar-refractivity contribution in [2.75, 3.05) is 37.3 Å². The van der Waals surface area contributed by atoms with Crippen LogP contribution in [0, 0.1) is 0 Å². The summed E-state index contributed by atoms with van der Waals surface area (Å²) in [4.78, 5) is 2.61. The second-order valence-corrected chi connectivity index (χ2v) is 10.5. The number of ether oxygens (including phenoxy) is 1. The number of benzene rings is 4. The molecule has 0 aliphatic carbocycles. The second kappa shape index (κ2) is 9.00. The average molecular weight is 475 g/mol. The molecule has 0 bridgehead atoms. The summed E-state index contributed by atoms with van der Waals surface area (Å²) in [5.41, 5.74) is 2.84. The third kappa shape index (κ3) is 4.58. The average Bonchev–Trinajstić information content (AvgIpc) is 2.84. The highest BCUT2D eigenvalue weighted by molar-refractivity contribution is 7.90. The van der Waals surface area contributed by atoms with Crippen LogP contribution in [-0.2, 0) is 9.84 Å². The molecule has 0 saturated carbocycles. The van der Waals surface area contributed by atoms with Gasteiger partial charge in [0.1, 0.15) is 17.2 Å². The van der Waals surface area contributed by atoms with Crippen molar-refractivity contribution in [1.29, 1.82) is 0 Å². The van der Waals surface area contributed by atoms with E-state index in [2.05, 4.69) is 22.3 Å². The first-order valence-electron chi connectivity index (χ1n) is 11.2. The lowest BCUT2D eigenvalue weighted by atomic mass is 9.99. The highest BCUT2D eigenvalue weighted by atomic mass is 32.2. The maximum Gasteiger partial charge on any atom is 0.175 e. The summed E-state index contributed by atoms with van der Waals surface area (Å²) in [7, 11) is -3.28. The first kappa shape index (κ1) is 22.3. The maximum atomic E-state index is 11.9. The minimum Gasteiger partial charge on any atom is -0.508 e. The lowest BCUT2D eigenvalue weighted by Gasteiger charge is -2.29. The third-order valence-corrected chi connectivity index (χ3v) is 7.21. The third-order valence-electron chi connectivity index (χ3n) is 6.09. The van der Waals surface area contributed by atoms with E-state index < -0.39 is 9.84 Å². The fraction of sp³-hybridized carbons (Fsp3) is 0.185. The Morgan fingerprint density at radius 2 is 1.59 bits per heavy atom. The predicted molar refractivity (Wildman–Crippen MR) is 136 cm³/mol. The molecule has 1 aliphatic heterocycles. The van der Waals surface area contributed by atoms with Gasteiger partial charge in [0.05, 0.1) is 4.90 Å². The molecule has 1 saturated heterocycles. The zero-order chi connectivity index (χ0) is 23.7. The van der Waals surface area contributed by atoms with Crippen LogP contribution in [0.4, 0.5) is 5.69 Å². The Kier molecular flexibility index (Phi) is 5.89. The van der Waals surface area contributed by atoms with Crippen molar-refractivity contribution in [3.63, 3.8) is 0 Å². The zero-order valence-electron chi connectivity index (χ0n) is 18.9. The molecule has 0 atom stereocenters. The standard InChI is InChI=1S/C27H26N2O4S/c1-34(31,32)24-10-2-19(3-11-24)25-12-4-20-18-22(30)7-13-26(20)27(25)33-23-8-5-21(6-9-23)29-16-14-28-15-17-29/h2-13,18,28,30H,14-17H2,1H3. The second-order valence-electron chi connectivity index (χ2n) is 8.48. The number of aromatic hydroxyl groups is 1. The van der Waals surface area contributed by atoms with E-state index in [1.54, 1.807) is 36.4 Å². The van der Waals surface area contributed by atoms with Crippen LogP contribution in [0.3, 0.4) is 0 Å². The Bertz CT molecular complexity index is 1430. The Labute approximate surface area is 199 Å². The van der Waals surface area contributed by atoms with Crippen molar-refractivity contribution < 1.29 is 18.3 Å². The minimum atomic E-state index is -3.28. The van der Waals surface area contributed by atoms with E-state index in [9.17, 15) is 13.5 Å². The Morgan fingerprint density at radius 1 is 0.882 bits per heavy atom. The molecule has 1 aliphatic rings. The van der Waals surface area contributed by atoms with Gasteiger partial charge in [-0.25, -0.2) is 8.42 Å². The van der Waals surface area contributed by atoms with Gasteiger partial charge in [0.2, 0.25) is 0 Å². The number of hydrogen-bond acceptors (Lipinski definition) is 6. The predicted octanol–water partition coefficient (Wildman–Crippen LogP) is 4.82. The highest BCUT2D eigenvalue weighted by Gasteiger charge is 2.15. The Balaban J connectivity index is 1.54. The highest BCUT2D eigenvalue weighted by Crippen LogP contribution is 2.41. The van der Waals surface area contributed by atoms with Crippen molar-refractivity contribution in [1.82, 2.24) is 5.32 Å². The van der Waals surface area contributed by atoms with Crippen LogP contribution in [0.2, 0.25) is 0 Å². The number of nitrogens with zero attached hydrogens (tertiary/aromatic N) is 1. The van der Waals surface area contributed by atoms with Crippen molar-refractivity contribution in [3.8, 4) is 28.4 Å². The topological polar surface area (TPSA) is 78.9 Å². The molecule has 0 aromatic heterocycles. The van der Waals surface area contributed by atoms with Crippen LogP contribution in [-0.4, -0.2) is 46.0 Å². The van der Waals surface area contributed by atoms with E-state index in [4.69, 9.17) is 4.74 Å². The molecule has 1 fully saturated rings. The summed E-state index contributed by atoms with van der Waals surface area (Å²) in [6, 6.07) is 23.9. The summed E-state index contributed by atoms with van der Waals surface area (Å²) in [6.07, 6.45) is 1.20. The van der Waals surface area contributed by atoms with Crippen molar-refractivity contribution in [3.05, 3.63) is 78.9 Å². The Hall–Kier alpha value is -3.55. The van der Waals surface area contributed by atoms with Gasteiger partial charge in [-0.15, -0.1) is 0 Å². The summed E-state index contributed by atoms with van der Waals surface area (Å²) in [6.45, 7) is 3.90. The molecule has 2 N–H and O–H groups in total. The van der Waals surface area contributed by atoms with Crippen LogP contribution in [0.5, 0.6) is 17.2 Å². The van der Waals surface area contributed by atoms with Gasteiger partial charge in [0, 0.05) is 49.1 Å². The summed E-state index contributed by atoms with van der Waals surface area (Å²) < 4.78 is 30.2. The number of nitrogens with one attached hydrogen (secondary N) is 1. The van der Waals surface area contributed by atoms with Crippen molar-refractivity contribution in [2.45, 2.75) is 4.90 Å². The summed E-state index contributed by atoms with van der Waals surface area (Å²) in [5, 5.41) is 15.0. The fourth-order valence-electron chi connectivity index (χ4n) is 4.27. The van der Waals surface area contributed by atoms with Gasteiger partial charge in [0.25, 0.3) is 0 Å². The van der Waals surface area contributed by atoms with E-state index in [0.717, 1.165) is 53.8 Å². The largest absolute Gasteiger partial charge is 0.508 e. The number of rotatable bonds is 5. The first-order valence-corrected chi connectivity index (χ1v) is 13.1. The van der Waals surface area contributed by atoms with E-state index >= 15 is 0 Å². The van der Waals surface area contributed by atoms with Crippen molar-refractivity contribution >= 4 is 26.3 Å². The molecule has 0 unspecified atom stereocenters. The molecule has 174 valence electrons. The molecule has 4 aromatic rings. The van der Waals surface area contributed by atoms with E-state index in [1.165, 1.54) is 6.26 Å². The molecule has 34 heavy (non-hydrogen) atoms. The summed E-state index contributed by atoms with van der Waals surface area (Å²) in [5.74, 6) is 1.54. The lowest BCUT2D eigenvalue weighted by Crippen LogP contribution is -2.43. The molecule has 4 aromatic carbocycles. The van der Waals surface area contributed by atoms with Crippen LogP contribution in [0.25, 0.3) is 21.9 Å².